The van der Waals surface area contributed by atoms with E-state index in [4.69, 9.17) is 9.15 Å². The fourth-order valence-electron chi connectivity index (χ4n) is 2.14. The summed E-state index contributed by atoms with van der Waals surface area (Å²) in [6, 6.07) is 9.90. The van der Waals surface area contributed by atoms with E-state index >= 15 is 0 Å². The summed E-state index contributed by atoms with van der Waals surface area (Å²) < 4.78 is 36.3. The highest BCUT2D eigenvalue weighted by Crippen LogP contribution is 2.24. The van der Waals surface area contributed by atoms with Crippen molar-refractivity contribution in [1.82, 2.24) is 14.5 Å². The number of benzene rings is 1. The SMILES string of the molecule is COc1cccc(C(=O)Nc2nnc(S(=O)(=O)N(C)Cc3ccco3)s2)c1. The minimum absolute atomic E-state index is 0.0560. The lowest BCUT2D eigenvalue weighted by molar-refractivity contribution is 0.102. The zero-order valence-electron chi connectivity index (χ0n) is 14.4. The van der Waals surface area contributed by atoms with Crippen LogP contribution < -0.4 is 10.1 Å². The molecule has 1 N–H and O–H groups in total. The van der Waals surface area contributed by atoms with Gasteiger partial charge in [0, 0.05) is 12.6 Å². The van der Waals surface area contributed by atoms with Gasteiger partial charge in [0.15, 0.2) is 0 Å². The van der Waals surface area contributed by atoms with Crippen LogP contribution >= 0.6 is 11.3 Å². The van der Waals surface area contributed by atoms with E-state index in [2.05, 4.69) is 15.5 Å². The van der Waals surface area contributed by atoms with Crippen LogP contribution in [0.5, 0.6) is 5.75 Å². The van der Waals surface area contributed by atoms with Gasteiger partial charge in [0.25, 0.3) is 15.9 Å². The Morgan fingerprint density at radius 1 is 1.30 bits per heavy atom. The lowest BCUT2D eigenvalue weighted by atomic mass is 10.2. The van der Waals surface area contributed by atoms with Gasteiger partial charge in [0.05, 0.1) is 19.9 Å². The van der Waals surface area contributed by atoms with Crippen molar-refractivity contribution >= 4 is 32.4 Å². The third-order valence-electron chi connectivity index (χ3n) is 3.55. The number of furan rings is 1. The Balaban J connectivity index is 1.72. The van der Waals surface area contributed by atoms with Crippen molar-refractivity contribution < 1.29 is 22.4 Å². The van der Waals surface area contributed by atoms with Crippen LogP contribution in [-0.4, -0.2) is 43.0 Å². The molecule has 1 amide bonds. The fourth-order valence-corrected chi connectivity index (χ4v) is 4.36. The zero-order chi connectivity index (χ0) is 19.4. The second kappa shape index (κ2) is 7.86. The number of nitrogens with one attached hydrogen (secondary N) is 1. The number of carbonyl (C=O) groups is 1. The summed E-state index contributed by atoms with van der Waals surface area (Å²) >= 11 is 0.768. The van der Waals surface area contributed by atoms with Crippen molar-refractivity contribution in [3.63, 3.8) is 0 Å². The molecule has 9 nitrogen and oxygen atoms in total. The van der Waals surface area contributed by atoms with E-state index in [9.17, 15) is 13.2 Å². The standard InChI is InChI=1S/C16H16N4O5S2/c1-20(10-13-7-4-8-25-13)27(22,23)16-19-18-15(26-16)17-14(21)11-5-3-6-12(9-11)24-2/h3-9H,10H2,1-2H3,(H,17,18,21). The van der Waals surface area contributed by atoms with Crippen molar-refractivity contribution in [2.75, 3.05) is 19.5 Å². The number of anilines is 1. The third kappa shape index (κ3) is 4.32. The van der Waals surface area contributed by atoms with Crippen LogP contribution in [-0.2, 0) is 16.6 Å². The quantitative estimate of drug-likeness (QED) is 0.596. The molecular weight excluding hydrogens is 392 g/mol. The largest absolute Gasteiger partial charge is 0.497 e. The molecule has 0 spiro atoms. The number of rotatable bonds is 7. The van der Waals surface area contributed by atoms with E-state index in [1.54, 1.807) is 36.4 Å². The fraction of sp³-hybridized carbons (Fsp3) is 0.188. The number of aromatic nitrogens is 2. The van der Waals surface area contributed by atoms with Crippen LogP contribution in [0, 0.1) is 0 Å². The Labute approximate surface area is 159 Å². The molecule has 3 rings (SSSR count). The molecule has 1 aromatic carbocycles. The first kappa shape index (κ1) is 19.0. The lowest BCUT2D eigenvalue weighted by Gasteiger charge is -2.12. The number of hydrogen-bond acceptors (Lipinski definition) is 8. The van der Waals surface area contributed by atoms with Crippen LogP contribution in [0.2, 0.25) is 0 Å². The molecule has 3 aromatic rings. The van der Waals surface area contributed by atoms with Gasteiger partial charge < -0.3 is 9.15 Å². The smallest absolute Gasteiger partial charge is 0.272 e. The highest BCUT2D eigenvalue weighted by atomic mass is 32.2. The minimum atomic E-state index is -3.86. The van der Waals surface area contributed by atoms with Crippen molar-refractivity contribution in [3.05, 3.63) is 54.0 Å². The van der Waals surface area contributed by atoms with Crippen LogP contribution in [0.25, 0.3) is 0 Å². The van der Waals surface area contributed by atoms with E-state index in [1.807, 2.05) is 0 Å². The van der Waals surface area contributed by atoms with Crippen LogP contribution in [0.15, 0.2) is 51.4 Å². The lowest BCUT2D eigenvalue weighted by Crippen LogP contribution is -2.26. The predicted octanol–water partition coefficient (Wildman–Crippen LogP) is 2.21. The normalized spacial score (nSPS) is 11.5. The summed E-state index contributed by atoms with van der Waals surface area (Å²) in [6.07, 6.45) is 1.47. The Bertz CT molecular complexity index is 1030. The van der Waals surface area contributed by atoms with Crippen LogP contribution in [0.1, 0.15) is 16.1 Å². The summed E-state index contributed by atoms with van der Waals surface area (Å²) in [5, 5.41) is 10.0. The van der Waals surface area contributed by atoms with Gasteiger partial charge in [-0.3, -0.25) is 10.1 Å². The van der Waals surface area contributed by atoms with Gasteiger partial charge in [-0.05, 0) is 30.3 Å². The van der Waals surface area contributed by atoms with Gasteiger partial charge >= 0.3 is 0 Å². The molecule has 142 valence electrons. The maximum Gasteiger partial charge on any atom is 0.272 e. The molecule has 0 unspecified atom stereocenters. The Hall–Kier alpha value is -2.76. The molecule has 0 fully saturated rings. The minimum Gasteiger partial charge on any atom is -0.497 e. The second-order valence-electron chi connectivity index (χ2n) is 5.40. The van der Waals surface area contributed by atoms with Gasteiger partial charge in [-0.2, -0.15) is 4.31 Å². The zero-order valence-corrected chi connectivity index (χ0v) is 16.1. The number of amides is 1. The molecule has 2 aromatic heterocycles. The van der Waals surface area contributed by atoms with Crippen molar-refractivity contribution in [2.45, 2.75) is 10.9 Å². The molecule has 0 saturated carbocycles. The molecule has 0 aliphatic rings. The van der Waals surface area contributed by atoms with Gasteiger partial charge in [-0.1, -0.05) is 17.4 Å². The first-order valence-electron chi connectivity index (χ1n) is 7.68. The third-order valence-corrected chi connectivity index (χ3v) is 6.54. The van der Waals surface area contributed by atoms with Crippen LogP contribution in [0.4, 0.5) is 5.13 Å². The monoisotopic (exact) mass is 408 g/mol. The van der Waals surface area contributed by atoms with Gasteiger partial charge in [0.2, 0.25) is 9.47 Å². The average molecular weight is 408 g/mol. The maximum atomic E-state index is 12.6. The van der Waals surface area contributed by atoms with E-state index in [0.717, 1.165) is 15.6 Å². The summed E-state index contributed by atoms with van der Waals surface area (Å²) in [7, 11) is -0.950. The molecule has 27 heavy (non-hydrogen) atoms. The summed E-state index contributed by atoms with van der Waals surface area (Å²) in [4.78, 5) is 12.3. The van der Waals surface area contributed by atoms with E-state index < -0.39 is 15.9 Å². The first-order valence-corrected chi connectivity index (χ1v) is 9.93. The second-order valence-corrected chi connectivity index (χ2v) is 8.60. The Morgan fingerprint density at radius 2 is 2.11 bits per heavy atom. The van der Waals surface area contributed by atoms with Gasteiger partial charge in [0.1, 0.15) is 11.5 Å². The molecule has 0 bridgehead atoms. The highest BCUT2D eigenvalue weighted by Gasteiger charge is 2.27. The predicted molar refractivity (Wildman–Crippen MR) is 98.2 cm³/mol. The summed E-state index contributed by atoms with van der Waals surface area (Å²) in [6.45, 7) is 0.0560. The van der Waals surface area contributed by atoms with E-state index in [0.29, 0.717) is 17.1 Å². The van der Waals surface area contributed by atoms with Gasteiger partial charge in [-0.15, -0.1) is 10.2 Å². The highest BCUT2D eigenvalue weighted by molar-refractivity contribution is 7.91. The Morgan fingerprint density at radius 3 is 2.81 bits per heavy atom. The molecule has 0 radical (unpaired) electrons. The van der Waals surface area contributed by atoms with E-state index in [1.165, 1.54) is 20.4 Å². The number of ether oxygens (including phenoxy) is 1. The molecule has 0 atom stereocenters. The van der Waals surface area contributed by atoms with Crippen molar-refractivity contribution in [1.29, 1.82) is 0 Å². The summed E-state index contributed by atoms with van der Waals surface area (Å²) in [5.74, 6) is 0.581. The van der Waals surface area contributed by atoms with Crippen LogP contribution in [0.3, 0.4) is 0 Å². The number of sulfonamides is 1. The number of nitrogens with zero attached hydrogens (tertiary/aromatic N) is 3. The first-order chi connectivity index (χ1) is 12.9. The molecule has 2 heterocycles. The number of hydrogen-bond donors (Lipinski definition) is 1. The average Bonchev–Trinajstić information content (AvgIpc) is 3.34. The summed E-state index contributed by atoms with van der Waals surface area (Å²) in [5.41, 5.74) is 0.351. The Kier molecular flexibility index (Phi) is 5.54. The topological polar surface area (TPSA) is 115 Å². The van der Waals surface area contributed by atoms with Crippen molar-refractivity contribution in [2.24, 2.45) is 0 Å². The number of methoxy groups -OCH3 is 1. The number of carbonyl (C=O) groups excluding carboxylic acids is 1. The van der Waals surface area contributed by atoms with Gasteiger partial charge in [-0.25, -0.2) is 8.42 Å². The molecule has 0 aliphatic heterocycles. The molecule has 11 heteroatoms. The molecule has 0 saturated heterocycles. The maximum absolute atomic E-state index is 12.6. The molecule has 0 aliphatic carbocycles. The van der Waals surface area contributed by atoms with E-state index in [-0.39, 0.29) is 16.0 Å². The molecular formula is C16H16N4O5S2. The van der Waals surface area contributed by atoms with Crippen molar-refractivity contribution in [3.8, 4) is 5.75 Å².